The highest BCUT2D eigenvalue weighted by Crippen LogP contribution is 2.23. The number of anilines is 1. The second-order valence-electron chi connectivity index (χ2n) is 4.25. The second kappa shape index (κ2) is 8.04. The van der Waals surface area contributed by atoms with E-state index in [-0.39, 0.29) is 5.91 Å². The van der Waals surface area contributed by atoms with E-state index >= 15 is 0 Å². The smallest absolute Gasteiger partial charge is 0.238 e. The van der Waals surface area contributed by atoms with Crippen LogP contribution in [0.5, 0.6) is 0 Å². The molecule has 1 aromatic rings. The third kappa shape index (κ3) is 5.65. The van der Waals surface area contributed by atoms with Gasteiger partial charge in [-0.25, -0.2) is 0 Å². The number of hydrogen-bond acceptors (Lipinski definition) is 4. The molecule has 1 saturated heterocycles. The maximum absolute atomic E-state index is 11.7. The molecule has 0 aliphatic carbocycles. The summed E-state index contributed by atoms with van der Waals surface area (Å²) in [7, 11) is 0. The Morgan fingerprint density at radius 3 is 2.79 bits per heavy atom. The summed E-state index contributed by atoms with van der Waals surface area (Å²) < 4.78 is 0. The monoisotopic (exact) mass is 316 g/mol. The zero-order valence-corrected chi connectivity index (χ0v) is 12.9. The summed E-state index contributed by atoms with van der Waals surface area (Å²) in [5, 5.41) is 7.35. The molecule has 1 fully saturated rings. The van der Waals surface area contributed by atoms with E-state index in [4.69, 9.17) is 11.6 Å². The Hall–Kier alpha value is -0.360. The van der Waals surface area contributed by atoms with Crippen LogP contribution in [0.15, 0.2) is 24.3 Å². The Morgan fingerprint density at radius 1 is 1.32 bits per heavy atom. The van der Waals surface area contributed by atoms with Crippen LogP contribution in [-0.2, 0) is 4.79 Å². The summed E-state index contributed by atoms with van der Waals surface area (Å²) in [6.07, 6.45) is 0. The largest absolute Gasteiger partial charge is 0.325 e. The van der Waals surface area contributed by atoms with Gasteiger partial charge in [0.2, 0.25) is 5.91 Å². The van der Waals surface area contributed by atoms with E-state index in [1.54, 1.807) is 24.3 Å². The maximum atomic E-state index is 11.7. The summed E-state index contributed by atoms with van der Waals surface area (Å²) in [5.74, 6) is 3.62. The van der Waals surface area contributed by atoms with Crippen molar-refractivity contribution in [3.8, 4) is 0 Å². The summed E-state index contributed by atoms with van der Waals surface area (Å²) in [6, 6.07) is 7.13. The van der Waals surface area contributed by atoms with Gasteiger partial charge in [-0.15, -0.1) is 0 Å². The Bertz CT molecular complexity index is 408. The molecule has 0 bridgehead atoms. The van der Waals surface area contributed by atoms with E-state index in [2.05, 4.69) is 10.6 Å². The van der Waals surface area contributed by atoms with Gasteiger partial charge < -0.3 is 10.6 Å². The fourth-order valence-corrected chi connectivity index (χ4v) is 4.51. The summed E-state index contributed by atoms with van der Waals surface area (Å²) in [6.45, 7) is 1.25. The van der Waals surface area contributed by atoms with Crippen molar-refractivity contribution in [1.82, 2.24) is 5.32 Å². The topological polar surface area (TPSA) is 41.1 Å². The zero-order valence-electron chi connectivity index (χ0n) is 10.5. The van der Waals surface area contributed by atoms with Crippen molar-refractivity contribution in [2.45, 2.75) is 5.25 Å². The fourth-order valence-electron chi connectivity index (χ4n) is 1.74. The van der Waals surface area contributed by atoms with Crippen LogP contribution >= 0.6 is 35.1 Å². The molecule has 1 aliphatic heterocycles. The number of carbonyl (C=O) groups is 1. The van der Waals surface area contributed by atoms with Gasteiger partial charge in [0.25, 0.3) is 0 Å². The Kier molecular flexibility index (Phi) is 6.37. The molecule has 0 radical (unpaired) electrons. The average molecular weight is 317 g/mol. The molecule has 1 heterocycles. The number of hydrogen-bond donors (Lipinski definition) is 2. The lowest BCUT2D eigenvalue weighted by atomic mass is 10.3. The highest BCUT2D eigenvalue weighted by Gasteiger charge is 2.14. The lowest BCUT2D eigenvalue weighted by Gasteiger charge is -2.21. The molecule has 2 N–H and O–H groups in total. The Morgan fingerprint density at radius 2 is 2.11 bits per heavy atom. The predicted molar refractivity (Wildman–Crippen MR) is 86.5 cm³/mol. The third-order valence-electron chi connectivity index (χ3n) is 2.67. The van der Waals surface area contributed by atoms with Gasteiger partial charge in [-0.05, 0) is 24.3 Å². The number of nitrogens with one attached hydrogen (secondary N) is 2. The fraction of sp³-hybridized carbons (Fsp3) is 0.462. The maximum Gasteiger partial charge on any atom is 0.238 e. The molecule has 6 heteroatoms. The van der Waals surface area contributed by atoms with Crippen LogP contribution < -0.4 is 10.6 Å². The quantitative estimate of drug-likeness (QED) is 0.876. The molecule has 104 valence electrons. The molecule has 1 aromatic carbocycles. The summed E-state index contributed by atoms with van der Waals surface area (Å²) in [5.41, 5.74) is 0.777. The van der Waals surface area contributed by atoms with Crippen molar-refractivity contribution >= 4 is 46.7 Å². The van der Waals surface area contributed by atoms with Crippen molar-refractivity contribution in [2.75, 3.05) is 35.7 Å². The molecule has 0 spiro atoms. The molecular weight excluding hydrogens is 300 g/mol. The first-order chi connectivity index (χ1) is 9.24. The Balaban J connectivity index is 1.65. The van der Waals surface area contributed by atoms with Crippen molar-refractivity contribution in [2.24, 2.45) is 0 Å². The number of carbonyl (C=O) groups excluding carboxylic acids is 1. The van der Waals surface area contributed by atoms with E-state index < -0.39 is 0 Å². The van der Waals surface area contributed by atoms with Crippen LogP contribution in [0.2, 0.25) is 5.02 Å². The highest BCUT2D eigenvalue weighted by atomic mass is 35.5. The second-order valence-corrected chi connectivity index (χ2v) is 7.25. The number of rotatable bonds is 5. The van der Waals surface area contributed by atoms with Crippen molar-refractivity contribution in [3.05, 3.63) is 29.3 Å². The van der Waals surface area contributed by atoms with Gasteiger partial charge in [0.1, 0.15) is 0 Å². The van der Waals surface area contributed by atoms with E-state index in [0.717, 1.165) is 12.2 Å². The molecule has 1 aliphatic rings. The number of halogens is 1. The van der Waals surface area contributed by atoms with Crippen molar-refractivity contribution in [3.63, 3.8) is 0 Å². The molecule has 19 heavy (non-hydrogen) atoms. The number of thioether (sulfide) groups is 2. The van der Waals surface area contributed by atoms with E-state index in [1.165, 1.54) is 17.3 Å². The van der Waals surface area contributed by atoms with Gasteiger partial charge in [0, 0.05) is 39.8 Å². The minimum Gasteiger partial charge on any atom is -0.325 e. The van der Waals surface area contributed by atoms with Gasteiger partial charge in [0.15, 0.2) is 0 Å². The lowest BCUT2D eigenvalue weighted by Crippen LogP contribution is -2.34. The molecule has 0 aromatic heterocycles. The molecule has 1 amide bonds. The molecule has 1 unspecified atom stereocenters. The van der Waals surface area contributed by atoms with Gasteiger partial charge in [-0.2, -0.15) is 23.5 Å². The van der Waals surface area contributed by atoms with Crippen LogP contribution in [-0.4, -0.2) is 41.5 Å². The SMILES string of the molecule is O=C(CNCC1CSCCS1)Nc1ccc(Cl)cc1. The molecular formula is C13H17ClN2OS2. The standard InChI is InChI=1S/C13H17ClN2OS2/c14-10-1-3-11(4-2-10)16-13(17)8-15-7-12-9-18-5-6-19-12/h1-4,12,15H,5-9H2,(H,16,17). The van der Waals surface area contributed by atoms with Crippen molar-refractivity contribution < 1.29 is 4.79 Å². The number of amides is 1. The molecule has 0 saturated carbocycles. The molecule has 2 rings (SSSR count). The average Bonchev–Trinajstić information content (AvgIpc) is 2.43. The van der Waals surface area contributed by atoms with Gasteiger partial charge in [0.05, 0.1) is 6.54 Å². The van der Waals surface area contributed by atoms with E-state index in [9.17, 15) is 4.79 Å². The molecule has 1 atom stereocenters. The predicted octanol–water partition coefficient (Wildman–Crippen LogP) is 2.72. The Labute approximate surface area is 127 Å². The van der Waals surface area contributed by atoms with Gasteiger partial charge >= 0.3 is 0 Å². The van der Waals surface area contributed by atoms with Crippen LogP contribution in [0.3, 0.4) is 0 Å². The van der Waals surface area contributed by atoms with E-state index in [0.29, 0.717) is 16.8 Å². The van der Waals surface area contributed by atoms with E-state index in [1.807, 2.05) is 23.5 Å². The summed E-state index contributed by atoms with van der Waals surface area (Å²) in [4.78, 5) is 11.7. The normalized spacial score (nSPS) is 19.1. The molecule has 3 nitrogen and oxygen atoms in total. The number of benzene rings is 1. The van der Waals surface area contributed by atoms with Gasteiger partial charge in [-0.1, -0.05) is 11.6 Å². The van der Waals surface area contributed by atoms with Gasteiger partial charge in [-0.3, -0.25) is 4.79 Å². The van der Waals surface area contributed by atoms with Crippen LogP contribution in [0.1, 0.15) is 0 Å². The first kappa shape index (κ1) is 15.0. The van der Waals surface area contributed by atoms with Crippen molar-refractivity contribution in [1.29, 1.82) is 0 Å². The zero-order chi connectivity index (χ0) is 13.5. The first-order valence-electron chi connectivity index (χ1n) is 6.19. The minimum atomic E-state index is -0.0178. The minimum absolute atomic E-state index is 0.0178. The van der Waals surface area contributed by atoms with Crippen LogP contribution in [0.25, 0.3) is 0 Å². The lowest BCUT2D eigenvalue weighted by molar-refractivity contribution is -0.115. The first-order valence-corrected chi connectivity index (χ1v) is 8.77. The van der Waals surface area contributed by atoms with Crippen LogP contribution in [0, 0.1) is 0 Å². The highest BCUT2D eigenvalue weighted by molar-refractivity contribution is 8.06. The summed E-state index contributed by atoms with van der Waals surface area (Å²) >= 11 is 9.77. The van der Waals surface area contributed by atoms with Crippen LogP contribution in [0.4, 0.5) is 5.69 Å². The third-order valence-corrected chi connectivity index (χ3v) is 5.77.